The SMILES string of the molecule is CC(C)C[C@@H](NC(=O)CC(N)=O)C(=O)NCC(=O)O. The molecule has 3 amide bonds. The fourth-order valence-electron chi connectivity index (χ4n) is 1.39. The van der Waals surface area contributed by atoms with Crippen LogP contribution >= 0.6 is 0 Å². The van der Waals surface area contributed by atoms with E-state index in [2.05, 4.69) is 10.6 Å². The minimum atomic E-state index is -1.18. The zero-order valence-corrected chi connectivity index (χ0v) is 10.9. The average molecular weight is 273 g/mol. The van der Waals surface area contributed by atoms with Crippen LogP contribution in [-0.2, 0) is 19.2 Å². The lowest BCUT2D eigenvalue weighted by Crippen LogP contribution is -2.49. The highest BCUT2D eigenvalue weighted by atomic mass is 16.4. The van der Waals surface area contributed by atoms with Gasteiger partial charge in [0.25, 0.3) is 0 Å². The van der Waals surface area contributed by atoms with E-state index in [-0.39, 0.29) is 5.92 Å². The van der Waals surface area contributed by atoms with Crippen molar-refractivity contribution in [2.75, 3.05) is 6.54 Å². The molecule has 0 bridgehead atoms. The van der Waals surface area contributed by atoms with Crippen molar-refractivity contribution in [1.82, 2.24) is 10.6 Å². The zero-order valence-electron chi connectivity index (χ0n) is 10.9. The van der Waals surface area contributed by atoms with Crippen molar-refractivity contribution in [3.8, 4) is 0 Å². The van der Waals surface area contributed by atoms with E-state index >= 15 is 0 Å². The first-order valence-corrected chi connectivity index (χ1v) is 5.79. The van der Waals surface area contributed by atoms with Crippen molar-refractivity contribution in [3.63, 3.8) is 0 Å². The highest BCUT2D eigenvalue weighted by molar-refractivity contribution is 5.98. The first-order chi connectivity index (χ1) is 8.72. The number of primary amides is 1. The van der Waals surface area contributed by atoms with E-state index in [4.69, 9.17) is 10.8 Å². The quantitative estimate of drug-likeness (QED) is 0.402. The van der Waals surface area contributed by atoms with Crippen molar-refractivity contribution in [3.05, 3.63) is 0 Å². The number of nitrogens with two attached hydrogens (primary N) is 1. The monoisotopic (exact) mass is 273 g/mol. The molecule has 0 aromatic heterocycles. The number of hydrogen-bond donors (Lipinski definition) is 4. The maximum absolute atomic E-state index is 11.7. The lowest BCUT2D eigenvalue weighted by molar-refractivity contribution is -0.138. The molecule has 0 unspecified atom stereocenters. The number of carbonyl (C=O) groups excluding carboxylic acids is 3. The van der Waals surface area contributed by atoms with Gasteiger partial charge in [-0.2, -0.15) is 0 Å². The molecule has 0 rings (SSSR count). The van der Waals surface area contributed by atoms with E-state index in [0.717, 1.165) is 0 Å². The fourth-order valence-corrected chi connectivity index (χ4v) is 1.39. The summed E-state index contributed by atoms with van der Waals surface area (Å²) in [5, 5.41) is 13.0. The van der Waals surface area contributed by atoms with Gasteiger partial charge in [-0.25, -0.2) is 0 Å². The molecule has 108 valence electrons. The molecule has 8 nitrogen and oxygen atoms in total. The number of aliphatic carboxylic acids is 1. The summed E-state index contributed by atoms with van der Waals surface area (Å²) in [4.78, 5) is 44.0. The Bertz CT molecular complexity index is 367. The van der Waals surface area contributed by atoms with Crippen molar-refractivity contribution >= 4 is 23.7 Å². The maximum Gasteiger partial charge on any atom is 0.322 e. The second-order valence-electron chi connectivity index (χ2n) is 4.50. The lowest BCUT2D eigenvalue weighted by Gasteiger charge is -2.19. The minimum absolute atomic E-state index is 0.106. The summed E-state index contributed by atoms with van der Waals surface area (Å²) >= 11 is 0. The molecule has 0 aliphatic carbocycles. The van der Waals surface area contributed by atoms with E-state index in [1.165, 1.54) is 0 Å². The van der Waals surface area contributed by atoms with Gasteiger partial charge < -0.3 is 21.5 Å². The first kappa shape index (κ1) is 16.9. The van der Waals surface area contributed by atoms with Gasteiger partial charge in [-0.1, -0.05) is 13.8 Å². The lowest BCUT2D eigenvalue weighted by atomic mass is 10.0. The van der Waals surface area contributed by atoms with Crippen LogP contribution in [0.2, 0.25) is 0 Å². The number of amides is 3. The smallest absolute Gasteiger partial charge is 0.322 e. The number of rotatable bonds is 8. The molecule has 0 saturated heterocycles. The van der Waals surface area contributed by atoms with Crippen LogP contribution in [0, 0.1) is 5.92 Å². The highest BCUT2D eigenvalue weighted by Gasteiger charge is 2.22. The van der Waals surface area contributed by atoms with E-state index in [0.29, 0.717) is 6.42 Å². The average Bonchev–Trinajstić information content (AvgIpc) is 2.22. The van der Waals surface area contributed by atoms with Gasteiger partial charge in [-0.15, -0.1) is 0 Å². The normalized spacial score (nSPS) is 11.7. The predicted octanol–water partition coefficient (Wildman–Crippen LogP) is -1.41. The number of carbonyl (C=O) groups is 4. The summed E-state index contributed by atoms with van der Waals surface area (Å²) in [7, 11) is 0. The maximum atomic E-state index is 11.7. The first-order valence-electron chi connectivity index (χ1n) is 5.79. The Morgan fingerprint density at radius 3 is 2.21 bits per heavy atom. The van der Waals surface area contributed by atoms with Gasteiger partial charge in [0.15, 0.2) is 0 Å². The second-order valence-corrected chi connectivity index (χ2v) is 4.50. The van der Waals surface area contributed by atoms with Crippen LogP contribution in [0.1, 0.15) is 26.7 Å². The summed E-state index contributed by atoms with van der Waals surface area (Å²) < 4.78 is 0. The van der Waals surface area contributed by atoms with Gasteiger partial charge in [0.05, 0.1) is 0 Å². The Hall–Kier alpha value is -2.12. The predicted molar refractivity (Wildman–Crippen MR) is 65.8 cm³/mol. The molecule has 0 aliphatic rings. The van der Waals surface area contributed by atoms with Crippen LogP contribution in [0.5, 0.6) is 0 Å². The summed E-state index contributed by atoms with van der Waals surface area (Å²) in [5.41, 5.74) is 4.87. The van der Waals surface area contributed by atoms with Gasteiger partial charge >= 0.3 is 5.97 Å². The Balaban J connectivity index is 4.52. The van der Waals surface area contributed by atoms with Gasteiger partial charge in [-0.05, 0) is 12.3 Å². The summed E-state index contributed by atoms with van der Waals surface area (Å²) in [6, 6.07) is -0.883. The van der Waals surface area contributed by atoms with Crippen molar-refractivity contribution in [2.45, 2.75) is 32.7 Å². The van der Waals surface area contributed by atoms with Crippen LogP contribution in [0.15, 0.2) is 0 Å². The molecule has 0 saturated carbocycles. The van der Waals surface area contributed by atoms with Gasteiger partial charge in [-0.3, -0.25) is 19.2 Å². The van der Waals surface area contributed by atoms with Crippen LogP contribution < -0.4 is 16.4 Å². The molecule has 0 spiro atoms. The second kappa shape index (κ2) is 8.06. The molecular weight excluding hydrogens is 254 g/mol. The van der Waals surface area contributed by atoms with Crippen LogP contribution in [0.25, 0.3) is 0 Å². The number of nitrogens with one attached hydrogen (secondary N) is 2. The van der Waals surface area contributed by atoms with Crippen LogP contribution in [0.4, 0.5) is 0 Å². The topological polar surface area (TPSA) is 139 Å². The molecule has 0 heterocycles. The third kappa shape index (κ3) is 8.58. The van der Waals surface area contributed by atoms with E-state index in [1.807, 2.05) is 13.8 Å². The third-order valence-electron chi connectivity index (χ3n) is 2.11. The fraction of sp³-hybridized carbons (Fsp3) is 0.636. The minimum Gasteiger partial charge on any atom is -0.480 e. The molecule has 5 N–H and O–H groups in total. The summed E-state index contributed by atoms with van der Waals surface area (Å²) in [6.07, 6.45) is -0.184. The molecule has 0 radical (unpaired) electrons. The largest absolute Gasteiger partial charge is 0.480 e. The third-order valence-corrected chi connectivity index (χ3v) is 2.11. The molecule has 0 aromatic carbocycles. The molecule has 0 aromatic rings. The highest BCUT2D eigenvalue weighted by Crippen LogP contribution is 2.05. The van der Waals surface area contributed by atoms with Crippen LogP contribution in [-0.4, -0.2) is 41.4 Å². The molecular formula is C11H19N3O5. The van der Waals surface area contributed by atoms with Crippen molar-refractivity contribution < 1.29 is 24.3 Å². The Labute approximate surface area is 110 Å². The van der Waals surface area contributed by atoms with Crippen molar-refractivity contribution in [2.24, 2.45) is 11.7 Å². The number of carboxylic acids is 1. The molecule has 19 heavy (non-hydrogen) atoms. The molecule has 8 heteroatoms. The standard InChI is InChI=1S/C11H19N3O5/c1-6(2)3-7(11(19)13-5-10(17)18)14-9(16)4-8(12)15/h6-7H,3-5H2,1-2H3,(H2,12,15)(H,13,19)(H,14,16)(H,17,18)/t7-/m1/s1. The van der Waals surface area contributed by atoms with Gasteiger partial charge in [0, 0.05) is 0 Å². The number of hydrogen-bond acceptors (Lipinski definition) is 4. The van der Waals surface area contributed by atoms with E-state index < -0.39 is 42.7 Å². The summed E-state index contributed by atoms with van der Waals surface area (Å²) in [5.74, 6) is -3.14. The van der Waals surface area contributed by atoms with Gasteiger partial charge in [0.2, 0.25) is 17.7 Å². The number of carboxylic acid groups (broad SMARTS) is 1. The van der Waals surface area contributed by atoms with E-state index in [1.54, 1.807) is 0 Å². The Morgan fingerprint density at radius 2 is 1.79 bits per heavy atom. The Kier molecular flexibility index (Phi) is 7.16. The van der Waals surface area contributed by atoms with Crippen molar-refractivity contribution in [1.29, 1.82) is 0 Å². The molecule has 1 atom stereocenters. The summed E-state index contributed by atoms with van der Waals surface area (Å²) in [6.45, 7) is 3.16. The van der Waals surface area contributed by atoms with E-state index in [9.17, 15) is 19.2 Å². The Morgan fingerprint density at radius 1 is 1.21 bits per heavy atom. The molecule has 0 aliphatic heterocycles. The zero-order chi connectivity index (χ0) is 15.0. The van der Waals surface area contributed by atoms with Crippen LogP contribution in [0.3, 0.4) is 0 Å². The molecule has 0 fully saturated rings. The van der Waals surface area contributed by atoms with Gasteiger partial charge in [0.1, 0.15) is 19.0 Å².